The normalized spacial score (nSPS) is 22.8. The molecular weight excluding hydrogens is 222 g/mol. The second-order valence-corrected chi connectivity index (χ2v) is 4.59. The van der Waals surface area contributed by atoms with Gasteiger partial charge in [-0.2, -0.15) is 0 Å². The van der Waals surface area contributed by atoms with Gasteiger partial charge < -0.3 is 5.32 Å². The van der Waals surface area contributed by atoms with E-state index < -0.39 is 17.8 Å². The van der Waals surface area contributed by atoms with Crippen molar-refractivity contribution in [2.75, 3.05) is 26.7 Å². The zero-order valence-electron chi connectivity index (χ0n) is 9.94. The Bertz CT molecular complexity index is 350. The van der Waals surface area contributed by atoms with Gasteiger partial charge >= 0.3 is 17.8 Å². The van der Waals surface area contributed by atoms with Crippen LogP contribution < -0.4 is 5.32 Å². The summed E-state index contributed by atoms with van der Waals surface area (Å²) in [5.41, 5.74) is 0. The Balaban J connectivity index is 1.88. The summed E-state index contributed by atoms with van der Waals surface area (Å²) in [6, 6.07) is -0.492. The summed E-state index contributed by atoms with van der Waals surface area (Å²) in [7, 11) is 1.34. The van der Waals surface area contributed by atoms with Crippen LogP contribution in [0.15, 0.2) is 0 Å². The van der Waals surface area contributed by atoms with Crippen LogP contribution >= 0.6 is 0 Å². The maximum Gasteiger partial charge on any atom is 0.333 e. The first kappa shape index (κ1) is 12.0. The van der Waals surface area contributed by atoms with E-state index in [1.807, 2.05) is 0 Å². The lowest BCUT2D eigenvalue weighted by Gasteiger charge is -2.24. The molecule has 0 aromatic heterocycles. The number of urea groups is 1. The van der Waals surface area contributed by atoms with E-state index in [2.05, 4.69) is 5.32 Å². The molecule has 1 N–H and O–H groups in total. The lowest BCUT2D eigenvalue weighted by Crippen LogP contribution is -2.35. The summed E-state index contributed by atoms with van der Waals surface area (Å²) in [5, 5.41) is 3.26. The van der Waals surface area contributed by atoms with Gasteiger partial charge in [-0.3, -0.25) is 19.4 Å². The van der Waals surface area contributed by atoms with E-state index in [4.69, 9.17) is 0 Å². The zero-order chi connectivity index (χ0) is 12.4. The number of imide groups is 2. The van der Waals surface area contributed by atoms with Gasteiger partial charge in [0.2, 0.25) is 0 Å². The molecule has 0 aromatic rings. The summed E-state index contributed by atoms with van der Waals surface area (Å²) in [4.78, 5) is 36.3. The van der Waals surface area contributed by atoms with Crippen molar-refractivity contribution >= 4 is 17.8 Å². The highest BCUT2D eigenvalue weighted by atomic mass is 16.2. The number of carbonyl (C=O) groups excluding carboxylic acids is 3. The number of piperidine rings is 1. The molecule has 0 saturated carbocycles. The molecule has 2 saturated heterocycles. The van der Waals surface area contributed by atoms with Crippen LogP contribution in [-0.2, 0) is 9.59 Å². The maximum atomic E-state index is 11.6. The van der Waals surface area contributed by atoms with Gasteiger partial charge in [0.05, 0.1) is 0 Å². The second-order valence-electron chi connectivity index (χ2n) is 4.59. The van der Waals surface area contributed by atoms with Crippen molar-refractivity contribution in [1.82, 2.24) is 15.1 Å². The maximum absolute atomic E-state index is 11.6. The number of hydrogen-bond acceptors (Lipinski definition) is 4. The Morgan fingerprint density at radius 1 is 1.18 bits per heavy atom. The topological polar surface area (TPSA) is 69.7 Å². The number of carbonyl (C=O) groups is 3. The van der Waals surface area contributed by atoms with Crippen molar-refractivity contribution in [3.63, 3.8) is 0 Å². The Morgan fingerprint density at radius 2 is 1.82 bits per heavy atom. The predicted molar refractivity (Wildman–Crippen MR) is 60.1 cm³/mol. The average Bonchev–Trinajstić information content (AvgIpc) is 2.54. The average molecular weight is 239 g/mol. The molecule has 2 aliphatic rings. The van der Waals surface area contributed by atoms with Crippen LogP contribution in [0.4, 0.5) is 4.79 Å². The fourth-order valence-corrected chi connectivity index (χ4v) is 2.29. The smallest absolute Gasteiger partial charge is 0.317 e. The number of likely N-dealkylation sites (N-methyl/N-ethyl adjacent to an activating group) is 1. The first-order valence-corrected chi connectivity index (χ1v) is 5.95. The molecule has 6 nitrogen and oxygen atoms in total. The van der Waals surface area contributed by atoms with Crippen molar-refractivity contribution in [3.8, 4) is 0 Å². The quantitative estimate of drug-likeness (QED) is 0.547. The number of rotatable bonds is 3. The third-order valence-corrected chi connectivity index (χ3v) is 3.47. The molecule has 2 fully saturated rings. The fourth-order valence-electron chi connectivity index (χ4n) is 2.29. The van der Waals surface area contributed by atoms with Crippen molar-refractivity contribution in [2.24, 2.45) is 5.92 Å². The van der Waals surface area contributed by atoms with E-state index in [0.29, 0.717) is 12.5 Å². The third kappa shape index (κ3) is 2.31. The standard InChI is InChI=1S/C11H17N3O3/c1-13-9(15)10(16)14(11(13)17)7-4-8-2-5-12-6-3-8/h8,12H,2-7H2,1H3. The molecular formula is C11H17N3O3. The molecule has 0 unspecified atom stereocenters. The molecule has 0 aromatic carbocycles. The lowest BCUT2D eigenvalue weighted by atomic mass is 9.94. The molecule has 0 spiro atoms. The van der Waals surface area contributed by atoms with Gasteiger partial charge in [0, 0.05) is 13.6 Å². The van der Waals surface area contributed by atoms with E-state index in [9.17, 15) is 14.4 Å². The van der Waals surface area contributed by atoms with E-state index in [1.54, 1.807) is 0 Å². The Hall–Kier alpha value is -1.43. The molecule has 4 amide bonds. The van der Waals surface area contributed by atoms with Gasteiger partial charge in [0.25, 0.3) is 0 Å². The minimum absolute atomic E-state index is 0.360. The fraction of sp³-hybridized carbons (Fsp3) is 0.727. The summed E-state index contributed by atoms with van der Waals surface area (Å²) >= 11 is 0. The van der Waals surface area contributed by atoms with E-state index in [0.717, 1.165) is 42.2 Å². The van der Waals surface area contributed by atoms with Crippen molar-refractivity contribution < 1.29 is 14.4 Å². The van der Waals surface area contributed by atoms with Gasteiger partial charge in [0.15, 0.2) is 0 Å². The van der Waals surface area contributed by atoms with Crippen molar-refractivity contribution in [2.45, 2.75) is 19.3 Å². The van der Waals surface area contributed by atoms with E-state index in [1.165, 1.54) is 7.05 Å². The van der Waals surface area contributed by atoms with Gasteiger partial charge in [-0.1, -0.05) is 0 Å². The highest BCUT2D eigenvalue weighted by molar-refractivity contribution is 6.44. The SMILES string of the molecule is CN1C(=O)C(=O)N(CCC2CCNCC2)C1=O. The monoisotopic (exact) mass is 239 g/mol. The third-order valence-electron chi connectivity index (χ3n) is 3.47. The molecule has 2 heterocycles. The van der Waals surface area contributed by atoms with Crippen molar-refractivity contribution in [3.05, 3.63) is 0 Å². The Kier molecular flexibility index (Phi) is 3.42. The van der Waals surface area contributed by atoms with Gasteiger partial charge in [-0.05, 0) is 38.3 Å². The molecule has 94 valence electrons. The molecule has 2 aliphatic heterocycles. The minimum atomic E-state index is -0.722. The number of nitrogens with zero attached hydrogens (tertiary/aromatic N) is 2. The predicted octanol–water partition coefficient (Wildman–Crippen LogP) is -0.203. The van der Waals surface area contributed by atoms with Crippen LogP contribution in [0, 0.1) is 5.92 Å². The highest BCUT2D eigenvalue weighted by Crippen LogP contribution is 2.18. The molecule has 6 heteroatoms. The Morgan fingerprint density at radius 3 is 2.35 bits per heavy atom. The van der Waals surface area contributed by atoms with E-state index >= 15 is 0 Å². The number of amides is 4. The van der Waals surface area contributed by atoms with E-state index in [-0.39, 0.29) is 0 Å². The molecule has 0 bridgehead atoms. The van der Waals surface area contributed by atoms with Gasteiger partial charge in [-0.25, -0.2) is 4.79 Å². The van der Waals surface area contributed by atoms with Crippen LogP contribution in [0.2, 0.25) is 0 Å². The van der Waals surface area contributed by atoms with Crippen LogP contribution in [-0.4, -0.2) is 54.3 Å². The second kappa shape index (κ2) is 4.83. The molecule has 0 aliphatic carbocycles. The summed E-state index contributed by atoms with van der Waals surface area (Å²) in [5.74, 6) is -0.871. The van der Waals surface area contributed by atoms with Gasteiger partial charge in [-0.15, -0.1) is 0 Å². The van der Waals surface area contributed by atoms with Crippen LogP contribution in [0.3, 0.4) is 0 Å². The number of hydrogen-bond donors (Lipinski definition) is 1. The zero-order valence-corrected chi connectivity index (χ0v) is 9.94. The van der Waals surface area contributed by atoms with Crippen molar-refractivity contribution in [1.29, 1.82) is 0 Å². The molecule has 17 heavy (non-hydrogen) atoms. The van der Waals surface area contributed by atoms with Crippen LogP contribution in [0.5, 0.6) is 0 Å². The first-order valence-electron chi connectivity index (χ1n) is 5.95. The number of nitrogens with one attached hydrogen (secondary N) is 1. The Labute approximate surface area is 99.9 Å². The molecule has 0 radical (unpaired) electrons. The summed E-state index contributed by atoms with van der Waals surface area (Å²) in [6.07, 6.45) is 2.93. The van der Waals surface area contributed by atoms with Crippen LogP contribution in [0.1, 0.15) is 19.3 Å². The highest BCUT2D eigenvalue weighted by Gasteiger charge is 2.41. The summed E-state index contributed by atoms with van der Waals surface area (Å²) < 4.78 is 0. The largest absolute Gasteiger partial charge is 0.333 e. The molecule has 2 rings (SSSR count). The molecule has 0 atom stereocenters. The van der Waals surface area contributed by atoms with Gasteiger partial charge in [0.1, 0.15) is 0 Å². The summed E-state index contributed by atoms with van der Waals surface area (Å²) in [6.45, 7) is 2.34. The van der Waals surface area contributed by atoms with Crippen LogP contribution in [0.25, 0.3) is 0 Å². The first-order chi connectivity index (χ1) is 8.11. The minimum Gasteiger partial charge on any atom is -0.317 e. The lowest BCUT2D eigenvalue weighted by molar-refractivity contribution is -0.142.